The number of nitrogens with one attached hydrogen (secondary N) is 1. The summed E-state index contributed by atoms with van der Waals surface area (Å²) in [5.41, 5.74) is 2.72. The van der Waals surface area contributed by atoms with E-state index in [9.17, 15) is 0 Å². The van der Waals surface area contributed by atoms with Crippen LogP contribution in [-0.2, 0) is 5.41 Å². The van der Waals surface area contributed by atoms with E-state index in [0.717, 1.165) is 28.0 Å². The number of fused-ring (bicyclic) bond motifs is 1. The van der Waals surface area contributed by atoms with Gasteiger partial charge in [0.2, 0.25) is 0 Å². The van der Waals surface area contributed by atoms with Gasteiger partial charge in [-0.05, 0) is 18.2 Å². The molecule has 3 nitrogen and oxygen atoms in total. The Morgan fingerprint density at radius 1 is 1.26 bits per heavy atom. The third kappa shape index (κ3) is 2.47. The molecule has 0 radical (unpaired) electrons. The van der Waals surface area contributed by atoms with Crippen LogP contribution in [0.4, 0.5) is 5.69 Å². The molecule has 0 aliphatic rings. The van der Waals surface area contributed by atoms with Crippen LogP contribution in [-0.4, -0.2) is 19.1 Å². The summed E-state index contributed by atoms with van der Waals surface area (Å²) in [4.78, 5) is 4.71. The second-order valence-electron chi connectivity index (χ2n) is 5.53. The molecule has 0 fully saturated rings. The van der Waals surface area contributed by atoms with E-state index in [1.165, 1.54) is 0 Å². The first-order valence-electron chi connectivity index (χ1n) is 6.24. The van der Waals surface area contributed by atoms with E-state index in [-0.39, 0.29) is 5.41 Å². The number of aromatic nitrogens is 1. The molecule has 19 heavy (non-hydrogen) atoms. The van der Waals surface area contributed by atoms with Crippen molar-refractivity contribution in [1.82, 2.24) is 4.98 Å². The number of nitrogens with zero attached hydrogens (tertiary/aromatic N) is 1. The lowest BCUT2D eigenvalue weighted by atomic mass is 9.90. The maximum Gasteiger partial charge on any atom is 0.130 e. The lowest BCUT2D eigenvalue weighted by molar-refractivity contribution is 0.420. The Balaban J connectivity index is 2.88. The minimum Gasteiger partial charge on any atom is -0.496 e. The van der Waals surface area contributed by atoms with Crippen LogP contribution in [0.2, 0.25) is 5.02 Å². The first kappa shape index (κ1) is 13.9. The molecule has 1 aromatic carbocycles. The van der Waals surface area contributed by atoms with E-state index in [0.29, 0.717) is 5.02 Å². The van der Waals surface area contributed by atoms with Crippen molar-refractivity contribution in [2.45, 2.75) is 26.2 Å². The Morgan fingerprint density at radius 2 is 1.95 bits per heavy atom. The molecule has 2 rings (SSSR count). The van der Waals surface area contributed by atoms with E-state index < -0.39 is 0 Å². The summed E-state index contributed by atoms with van der Waals surface area (Å²) in [6, 6.07) is 5.74. The van der Waals surface area contributed by atoms with Crippen molar-refractivity contribution in [3.8, 4) is 5.75 Å². The van der Waals surface area contributed by atoms with E-state index in [4.69, 9.17) is 21.3 Å². The zero-order chi connectivity index (χ0) is 14.2. The SMILES string of the molecule is CNc1cc(C(C)(C)C)nc2c(Cl)ccc(OC)c12. The van der Waals surface area contributed by atoms with Gasteiger partial charge in [-0.2, -0.15) is 0 Å². The molecule has 2 aromatic rings. The lowest BCUT2D eigenvalue weighted by Gasteiger charge is -2.21. The van der Waals surface area contributed by atoms with Crippen molar-refractivity contribution >= 4 is 28.2 Å². The highest BCUT2D eigenvalue weighted by Crippen LogP contribution is 2.37. The Labute approximate surface area is 118 Å². The zero-order valence-corrected chi connectivity index (χ0v) is 12.7. The van der Waals surface area contributed by atoms with Crippen LogP contribution in [0.3, 0.4) is 0 Å². The first-order valence-corrected chi connectivity index (χ1v) is 6.61. The molecule has 1 aromatic heterocycles. The third-order valence-corrected chi connectivity index (χ3v) is 3.44. The molecule has 102 valence electrons. The lowest BCUT2D eigenvalue weighted by Crippen LogP contribution is -2.14. The van der Waals surface area contributed by atoms with Crippen LogP contribution < -0.4 is 10.1 Å². The second kappa shape index (κ2) is 4.89. The molecule has 1 N–H and O–H groups in total. The highest BCUT2D eigenvalue weighted by molar-refractivity contribution is 6.35. The molecule has 0 spiro atoms. The monoisotopic (exact) mass is 278 g/mol. The summed E-state index contributed by atoms with van der Waals surface area (Å²) in [6.45, 7) is 6.40. The Kier molecular flexibility index (Phi) is 3.59. The topological polar surface area (TPSA) is 34.2 Å². The minimum absolute atomic E-state index is 0.0355. The molecule has 0 saturated carbocycles. The minimum atomic E-state index is -0.0355. The summed E-state index contributed by atoms with van der Waals surface area (Å²) in [7, 11) is 3.54. The second-order valence-corrected chi connectivity index (χ2v) is 5.94. The van der Waals surface area contributed by atoms with Gasteiger partial charge in [0, 0.05) is 23.8 Å². The fourth-order valence-electron chi connectivity index (χ4n) is 2.03. The maximum atomic E-state index is 6.29. The molecule has 0 aliphatic heterocycles. The van der Waals surface area contributed by atoms with Gasteiger partial charge < -0.3 is 10.1 Å². The van der Waals surface area contributed by atoms with Gasteiger partial charge >= 0.3 is 0 Å². The number of hydrogen-bond donors (Lipinski definition) is 1. The van der Waals surface area contributed by atoms with Crippen LogP contribution in [0, 0.1) is 0 Å². The molecule has 0 atom stereocenters. The maximum absolute atomic E-state index is 6.29. The van der Waals surface area contributed by atoms with Crippen LogP contribution in [0.5, 0.6) is 5.75 Å². The molecule has 0 aliphatic carbocycles. The zero-order valence-electron chi connectivity index (χ0n) is 12.0. The fraction of sp³-hybridized carbons (Fsp3) is 0.400. The van der Waals surface area contributed by atoms with Crippen molar-refractivity contribution in [3.63, 3.8) is 0 Å². The summed E-state index contributed by atoms with van der Waals surface area (Å²) in [6.07, 6.45) is 0. The van der Waals surface area contributed by atoms with E-state index >= 15 is 0 Å². The van der Waals surface area contributed by atoms with Crippen LogP contribution in [0.15, 0.2) is 18.2 Å². The predicted octanol–water partition coefficient (Wildman–Crippen LogP) is 4.24. The van der Waals surface area contributed by atoms with Gasteiger partial charge in [-0.3, -0.25) is 4.98 Å². The summed E-state index contributed by atoms with van der Waals surface area (Å²) in [5, 5.41) is 4.76. The van der Waals surface area contributed by atoms with Gasteiger partial charge in [-0.1, -0.05) is 32.4 Å². The van der Waals surface area contributed by atoms with Crippen molar-refractivity contribution in [3.05, 3.63) is 28.9 Å². The standard InChI is InChI=1S/C15H19ClN2O/c1-15(2,3)12-8-10(17-4)13-11(19-5)7-6-9(16)14(13)18-12/h6-8H,1-5H3,(H,17,18). The van der Waals surface area contributed by atoms with Crippen LogP contribution in [0.1, 0.15) is 26.5 Å². The number of benzene rings is 1. The average Bonchev–Trinajstić information content (AvgIpc) is 2.37. The normalized spacial score (nSPS) is 11.7. The molecule has 0 bridgehead atoms. The van der Waals surface area contributed by atoms with E-state index in [1.54, 1.807) is 7.11 Å². The van der Waals surface area contributed by atoms with Gasteiger partial charge in [0.25, 0.3) is 0 Å². The van der Waals surface area contributed by atoms with Crippen molar-refractivity contribution in [1.29, 1.82) is 0 Å². The number of ether oxygens (including phenoxy) is 1. The largest absolute Gasteiger partial charge is 0.496 e. The summed E-state index contributed by atoms with van der Waals surface area (Å²) in [5.74, 6) is 0.775. The Hall–Kier alpha value is -1.48. The van der Waals surface area contributed by atoms with E-state index in [2.05, 4.69) is 32.2 Å². The van der Waals surface area contributed by atoms with Gasteiger partial charge in [-0.15, -0.1) is 0 Å². The van der Waals surface area contributed by atoms with Crippen molar-refractivity contribution < 1.29 is 4.74 Å². The molecule has 0 saturated heterocycles. The smallest absolute Gasteiger partial charge is 0.130 e. The first-order chi connectivity index (χ1) is 8.88. The van der Waals surface area contributed by atoms with Gasteiger partial charge in [0.05, 0.1) is 23.0 Å². The number of anilines is 1. The third-order valence-electron chi connectivity index (χ3n) is 3.13. The van der Waals surface area contributed by atoms with Crippen molar-refractivity contribution in [2.75, 3.05) is 19.5 Å². The number of halogens is 1. The van der Waals surface area contributed by atoms with Crippen molar-refractivity contribution in [2.24, 2.45) is 0 Å². The van der Waals surface area contributed by atoms with Gasteiger partial charge in [-0.25, -0.2) is 0 Å². The highest BCUT2D eigenvalue weighted by atomic mass is 35.5. The number of rotatable bonds is 2. The van der Waals surface area contributed by atoms with E-state index in [1.807, 2.05) is 19.2 Å². The summed E-state index contributed by atoms with van der Waals surface area (Å²) < 4.78 is 5.41. The summed E-state index contributed by atoms with van der Waals surface area (Å²) >= 11 is 6.29. The Morgan fingerprint density at radius 3 is 2.47 bits per heavy atom. The predicted molar refractivity (Wildman–Crippen MR) is 81.6 cm³/mol. The quantitative estimate of drug-likeness (QED) is 0.892. The van der Waals surface area contributed by atoms with Gasteiger partial charge in [0.1, 0.15) is 5.75 Å². The molecule has 4 heteroatoms. The Bertz CT molecular complexity index is 618. The molecular formula is C15H19ClN2O. The number of hydrogen-bond acceptors (Lipinski definition) is 3. The molecule has 0 unspecified atom stereocenters. The fourth-order valence-corrected chi connectivity index (χ4v) is 2.23. The average molecular weight is 279 g/mol. The van der Waals surface area contributed by atoms with Gasteiger partial charge in [0.15, 0.2) is 0 Å². The molecular weight excluding hydrogens is 260 g/mol. The molecule has 1 heterocycles. The number of pyridine rings is 1. The number of methoxy groups -OCH3 is 1. The molecule has 0 amide bonds. The highest BCUT2D eigenvalue weighted by Gasteiger charge is 2.20. The van der Waals surface area contributed by atoms with Crippen LogP contribution >= 0.6 is 11.6 Å². The van der Waals surface area contributed by atoms with Crippen LogP contribution in [0.25, 0.3) is 10.9 Å².